The Morgan fingerprint density at radius 1 is 1.11 bits per heavy atom. The molecule has 1 fully saturated rings. The number of amides is 2. The minimum Gasteiger partial charge on any atom is -0.465 e. The van der Waals surface area contributed by atoms with E-state index in [0.717, 1.165) is 0 Å². The number of likely N-dealkylation sites (tertiary alicyclic amines) is 1. The first-order valence-electron chi connectivity index (χ1n) is 11.1. The summed E-state index contributed by atoms with van der Waals surface area (Å²) < 4.78 is 6.00. The number of carbonyl (C=O) groups excluding carboxylic acids is 1. The monoisotopic (exact) mass is 474 g/mol. The molecule has 0 radical (unpaired) electrons. The Bertz CT molecular complexity index is 1230. The molecule has 35 heavy (non-hydrogen) atoms. The summed E-state index contributed by atoms with van der Waals surface area (Å²) >= 11 is 0. The number of aromatic nitrogens is 1. The average molecular weight is 475 g/mol. The van der Waals surface area contributed by atoms with Crippen LogP contribution < -0.4 is 21.5 Å². The molecule has 10 nitrogen and oxygen atoms in total. The van der Waals surface area contributed by atoms with Crippen molar-refractivity contribution in [3.8, 4) is 11.5 Å². The van der Waals surface area contributed by atoms with E-state index in [1.807, 2.05) is 30.3 Å². The Balaban J connectivity index is 1.50. The number of pyridine rings is 1. The maximum Gasteiger partial charge on any atom is 0.407 e. The van der Waals surface area contributed by atoms with E-state index >= 15 is 0 Å². The lowest BCUT2D eigenvalue weighted by Crippen LogP contribution is -2.41. The van der Waals surface area contributed by atoms with Gasteiger partial charge < -0.3 is 31.5 Å². The number of nitrogens with one attached hydrogen (secondary N) is 1. The van der Waals surface area contributed by atoms with Crippen molar-refractivity contribution < 1.29 is 19.4 Å². The maximum atomic E-state index is 12.5. The number of nitrogens with zero attached hydrogens (tertiary/aromatic N) is 3. The molecule has 180 valence electrons. The fourth-order valence-electron chi connectivity index (χ4n) is 3.82. The van der Waals surface area contributed by atoms with E-state index in [9.17, 15) is 14.7 Å². The molecule has 0 aliphatic carbocycles. The molecule has 1 aliphatic heterocycles. The highest BCUT2D eigenvalue weighted by Gasteiger charge is 2.24. The number of rotatable bonds is 6. The number of nitrogens with two attached hydrogens (primary N) is 2. The first-order valence-corrected chi connectivity index (χ1v) is 11.1. The number of aliphatic imine (C=N–C) groups is 1. The van der Waals surface area contributed by atoms with Gasteiger partial charge in [-0.1, -0.05) is 18.2 Å². The van der Waals surface area contributed by atoms with Crippen LogP contribution in [0.3, 0.4) is 0 Å². The van der Waals surface area contributed by atoms with Gasteiger partial charge in [0.1, 0.15) is 28.7 Å². The maximum absolute atomic E-state index is 12.5. The molecule has 0 saturated carbocycles. The molecule has 6 N–H and O–H groups in total. The van der Waals surface area contributed by atoms with E-state index < -0.39 is 6.09 Å². The number of hydrogen-bond donors (Lipinski definition) is 4. The summed E-state index contributed by atoms with van der Waals surface area (Å²) in [5.41, 5.74) is 13.9. The van der Waals surface area contributed by atoms with Crippen LogP contribution in [0.1, 0.15) is 28.8 Å². The summed E-state index contributed by atoms with van der Waals surface area (Å²) in [5.74, 6) is 0.854. The van der Waals surface area contributed by atoms with Gasteiger partial charge in [0.2, 0.25) is 0 Å². The Labute approximate surface area is 202 Å². The van der Waals surface area contributed by atoms with Gasteiger partial charge in [-0.25, -0.2) is 9.78 Å². The third-order valence-corrected chi connectivity index (χ3v) is 5.56. The summed E-state index contributed by atoms with van der Waals surface area (Å²) in [6.45, 7) is 0.739. The highest BCUT2D eigenvalue weighted by molar-refractivity contribution is 6.05. The number of benzene rings is 2. The molecule has 0 bridgehead atoms. The van der Waals surface area contributed by atoms with Gasteiger partial charge in [-0.15, -0.1) is 0 Å². The number of para-hydroxylation sites is 1. The summed E-state index contributed by atoms with van der Waals surface area (Å²) in [4.78, 5) is 33.7. The van der Waals surface area contributed by atoms with Crippen LogP contribution in [0.4, 0.5) is 16.3 Å². The minimum absolute atomic E-state index is 0.127. The van der Waals surface area contributed by atoms with Crippen molar-refractivity contribution in [2.24, 2.45) is 10.7 Å². The zero-order valence-corrected chi connectivity index (χ0v) is 18.9. The molecule has 2 aromatic carbocycles. The van der Waals surface area contributed by atoms with Gasteiger partial charge in [0, 0.05) is 36.6 Å². The van der Waals surface area contributed by atoms with Gasteiger partial charge in [-0.05, 0) is 49.2 Å². The number of ether oxygens (including phenoxy) is 1. The molecule has 1 atom stereocenters. The van der Waals surface area contributed by atoms with Crippen molar-refractivity contribution in [3.05, 3.63) is 78.0 Å². The van der Waals surface area contributed by atoms with Crippen LogP contribution in [0.2, 0.25) is 0 Å². The highest BCUT2D eigenvalue weighted by atomic mass is 16.5. The Hall–Kier alpha value is -4.60. The van der Waals surface area contributed by atoms with Crippen LogP contribution >= 0.6 is 0 Å². The van der Waals surface area contributed by atoms with Crippen molar-refractivity contribution in [2.75, 3.05) is 24.1 Å². The van der Waals surface area contributed by atoms with E-state index in [-0.39, 0.29) is 30.1 Å². The molecule has 0 spiro atoms. The van der Waals surface area contributed by atoms with Gasteiger partial charge in [-0.2, -0.15) is 0 Å². The first kappa shape index (κ1) is 23.6. The van der Waals surface area contributed by atoms with Crippen molar-refractivity contribution >= 4 is 29.3 Å². The lowest BCUT2D eigenvalue weighted by molar-refractivity contribution is 0.102. The minimum atomic E-state index is -0.978. The Morgan fingerprint density at radius 2 is 1.86 bits per heavy atom. The van der Waals surface area contributed by atoms with Crippen LogP contribution in [0.15, 0.2) is 71.9 Å². The number of carboxylic acid groups (broad SMARTS) is 1. The third-order valence-electron chi connectivity index (χ3n) is 5.56. The van der Waals surface area contributed by atoms with E-state index in [0.29, 0.717) is 47.7 Å². The summed E-state index contributed by atoms with van der Waals surface area (Å²) in [5, 5.41) is 12.1. The van der Waals surface area contributed by atoms with Crippen LogP contribution in [-0.4, -0.2) is 52.0 Å². The number of hydrogen-bond acceptors (Lipinski definition) is 6. The van der Waals surface area contributed by atoms with E-state index in [2.05, 4.69) is 15.3 Å². The second-order valence-corrected chi connectivity index (χ2v) is 8.05. The third kappa shape index (κ3) is 5.85. The zero-order valence-electron chi connectivity index (χ0n) is 18.9. The molecule has 1 aromatic heterocycles. The normalized spacial score (nSPS) is 15.9. The second kappa shape index (κ2) is 10.6. The number of nitrogen functional groups attached to an aromatic ring is 1. The van der Waals surface area contributed by atoms with Crippen molar-refractivity contribution in [1.82, 2.24) is 9.88 Å². The van der Waals surface area contributed by atoms with Crippen LogP contribution in [0.5, 0.6) is 11.5 Å². The second-order valence-electron chi connectivity index (χ2n) is 8.05. The highest BCUT2D eigenvalue weighted by Crippen LogP contribution is 2.29. The Kier molecular flexibility index (Phi) is 7.10. The number of anilines is 2. The smallest absolute Gasteiger partial charge is 0.407 e. The van der Waals surface area contributed by atoms with Gasteiger partial charge >= 0.3 is 6.09 Å². The van der Waals surface area contributed by atoms with Crippen LogP contribution in [0, 0.1) is 0 Å². The van der Waals surface area contributed by atoms with Crippen molar-refractivity contribution in [3.63, 3.8) is 0 Å². The average Bonchev–Trinajstić information content (AvgIpc) is 2.85. The fourth-order valence-corrected chi connectivity index (χ4v) is 3.82. The summed E-state index contributed by atoms with van der Waals surface area (Å²) in [7, 11) is 0. The molecule has 10 heteroatoms. The van der Waals surface area contributed by atoms with Gasteiger partial charge in [0.05, 0.1) is 6.04 Å². The number of piperidine rings is 1. The lowest BCUT2D eigenvalue weighted by atomic mass is 10.1. The lowest BCUT2D eigenvalue weighted by Gasteiger charge is -2.28. The standard InChI is InChI=1S/C25H26N6O4/c26-22-21(23(27)29-18-7-4-14-31(15-18)25(33)34)20(12-13-28-22)35-19-10-8-16(9-11-19)24(32)30-17-5-2-1-3-6-17/h1-3,5-6,8-13,18H,4,7,14-15H2,(H2,26,28)(H2,27,29)(H,30,32)(H,33,34). The molecule has 2 heterocycles. The predicted octanol–water partition coefficient (Wildman–Crippen LogP) is 3.56. The molecule has 1 saturated heterocycles. The number of carbonyl (C=O) groups is 2. The molecular weight excluding hydrogens is 448 g/mol. The number of amidine groups is 1. The van der Waals surface area contributed by atoms with Crippen LogP contribution in [0.25, 0.3) is 0 Å². The molecule has 1 unspecified atom stereocenters. The summed E-state index contributed by atoms with van der Waals surface area (Å²) in [6.07, 6.45) is 1.93. The quantitative estimate of drug-likeness (QED) is 0.314. The largest absolute Gasteiger partial charge is 0.465 e. The molecule has 1 aliphatic rings. The Morgan fingerprint density at radius 3 is 2.57 bits per heavy atom. The molecule has 4 rings (SSSR count). The van der Waals surface area contributed by atoms with Crippen molar-refractivity contribution in [2.45, 2.75) is 18.9 Å². The van der Waals surface area contributed by atoms with Crippen LogP contribution in [-0.2, 0) is 0 Å². The molecule has 3 aromatic rings. The summed E-state index contributed by atoms with van der Waals surface area (Å²) in [6, 6.07) is 17.1. The zero-order chi connectivity index (χ0) is 24.8. The van der Waals surface area contributed by atoms with E-state index in [4.69, 9.17) is 16.2 Å². The predicted molar refractivity (Wildman–Crippen MR) is 133 cm³/mol. The van der Waals surface area contributed by atoms with Gasteiger partial charge in [0.25, 0.3) is 5.91 Å². The van der Waals surface area contributed by atoms with E-state index in [1.165, 1.54) is 11.1 Å². The first-order chi connectivity index (χ1) is 16.9. The van der Waals surface area contributed by atoms with Gasteiger partial charge in [0.15, 0.2) is 0 Å². The topological polar surface area (TPSA) is 156 Å². The van der Waals surface area contributed by atoms with Gasteiger partial charge in [-0.3, -0.25) is 9.79 Å². The van der Waals surface area contributed by atoms with Crippen molar-refractivity contribution in [1.29, 1.82) is 0 Å². The fraction of sp³-hybridized carbons (Fsp3) is 0.200. The molecule has 2 amide bonds. The SMILES string of the molecule is NC(=NC1CCCN(C(=O)O)C1)c1c(Oc2ccc(C(=O)Nc3ccccc3)cc2)ccnc1N. The van der Waals surface area contributed by atoms with E-state index in [1.54, 1.807) is 30.3 Å². The molecular formula is C25H26N6O4.